The lowest BCUT2D eigenvalue weighted by molar-refractivity contribution is -0.142. The van der Waals surface area contributed by atoms with E-state index in [0.29, 0.717) is 12.0 Å². The van der Waals surface area contributed by atoms with Gasteiger partial charge in [-0.15, -0.1) is 10.2 Å². The molecule has 1 atom stereocenters. The molecule has 12 heteroatoms. The SMILES string of the molecule is CCc1ccc(F)c(Oc2nnc(C(F)(F)F)c(C)c2C(=O)Nc2cccc(S(C)(=N)=O)c2)c1. The second-order valence-corrected chi connectivity index (χ2v) is 9.56. The summed E-state index contributed by atoms with van der Waals surface area (Å²) in [6.07, 6.45) is -3.18. The Morgan fingerprint density at radius 3 is 2.50 bits per heavy atom. The first kappa shape index (κ1) is 25.1. The Balaban J connectivity index is 2.09. The van der Waals surface area contributed by atoms with Crippen LogP contribution in [0.3, 0.4) is 0 Å². The van der Waals surface area contributed by atoms with Crippen LogP contribution in [0.25, 0.3) is 0 Å². The Bertz CT molecular complexity index is 1360. The van der Waals surface area contributed by atoms with Crippen molar-refractivity contribution in [1.82, 2.24) is 10.2 Å². The van der Waals surface area contributed by atoms with Gasteiger partial charge in [0.1, 0.15) is 5.56 Å². The second-order valence-electron chi connectivity index (χ2n) is 7.40. The van der Waals surface area contributed by atoms with Crippen LogP contribution in [0.4, 0.5) is 23.2 Å². The maximum Gasteiger partial charge on any atom is 0.435 e. The lowest BCUT2D eigenvalue weighted by Gasteiger charge is -2.16. The molecule has 0 aliphatic heterocycles. The Labute approximate surface area is 193 Å². The van der Waals surface area contributed by atoms with Crippen molar-refractivity contribution in [3.63, 3.8) is 0 Å². The van der Waals surface area contributed by atoms with Crippen LogP contribution in [-0.2, 0) is 22.3 Å². The van der Waals surface area contributed by atoms with Gasteiger partial charge >= 0.3 is 6.18 Å². The number of aromatic nitrogens is 2. The van der Waals surface area contributed by atoms with Crippen LogP contribution >= 0.6 is 0 Å². The molecule has 0 aliphatic rings. The number of hydrogen-bond donors (Lipinski definition) is 2. The summed E-state index contributed by atoms with van der Waals surface area (Å²) >= 11 is 0. The van der Waals surface area contributed by atoms with Crippen LogP contribution in [0.5, 0.6) is 11.6 Å². The van der Waals surface area contributed by atoms with E-state index in [1.165, 1.54) is 42.7 Å². The van der Waals surface area contributed by atoms with Crippen LogP contribution in [-0.4, -0.2) is 26.6 Å². The van der Waals surface area contributed by atoms with Crippen molar-refractivity contribution in [3.05, 3.63) is 70.7 Å². The number of halogens is 4. The quantitative estimate of drug-likeness (QED) is 0.433. The van der Waals surface area contributed by atoms with Crippen molar-refractivity contribution < 1.29 is 31.3 Å². The lowest BCUT2D eigenvalue weighted by atomic mass is 10.1. The molecule has 180 valence electrons. The maximum atomic E-state index is 14.3. The topological polar surface area (TPSA) is 105 Å². The van der Waals surface area contributed by atoms with Gasteiger partial charge < -0.3 is 10.1 Å². The normalized spacial score (nSPS) is 13.3. The third kappa shape index (κ3) is 5.50. The number of benzene rings is 2. The van der Waals surface area contributed by atoms with Crippen LogP contribution in [0.1, 0.15) is 34.1 Å². The van der Waals surface area contributed by atoms with E-state index in [1.54, 1.807) is 0 Å². The van der Waals surface area contributed by atoms with E-state index >= 15 is 0 Å². The van der Waals surface area contributed by atoms with E-state index in [4.69, 9.17) is 9.52 Å². The second kappa shape index (κ2) is 9.37. The fourth-order valence-corrected chi connectivity index (χ4v) is 3.76. The molecule has 0 saturated heterocycles. The van der Waals surface area contributed by atoms with Gasteiger partial charge in [-0.25, -0.2) is 13.4 Å². The Morgan fingerprint density at radius 1 is 1.18 bits per heavy atom. The van der Waals surface area contributed by atoms with Crippen LogP contribution in [0, 0.1) is 17.5 Å². The first-order valence-electron chi connectivity index (χ1n) is 9.87. The smallest absolute Gasteiger partial charge is 0.434 e. The average Bonchev–Trinajstić information content (AvgIpc) is 2.74. The lowest BCUT2D eigenvalue weighted by Crippen LogP contribution is -2.21. The molecule has 3 aromatic rings. The highest BCUT2D eigenvalue weighted by molar-refractivity contribution is 7.91. The molecule has 1 unspecified atom stereocenters. The maximum absolute atomic E-state index is 14.3. The van der Waals surface area contributed by atoms with Gasteiger partial charge in [0.15, 0.2) is 17.3 Å². The molecular formula is C22H20F4N4O3S. The molecular weight excluding hydrogens is 476 g/mol. The number of ether oxygens (including phenoxy) is 1. The summed E-state index contributed by atoms with van der Waals surface area (Å²) in [7, 11) is -3.11. The van der Waals surface area contributed by atoms with Crippen molar-refractivity contribution in [3.8, 4) is 11.6 Å². The van der Waals surface area contributed by atoms with E-state index in [1.807, 2.05) is 6.92 Å². The standard InChI is InChI=1S/C22H20F4N4O3S/c1-4-13-8-9-16(23)17(10-13)33-21-18(12(2)19(29-30-21)22(24,25)26)20(31)28-14-6-5-7-15(11-14)34(3,27)32/h5-11,27H,4H2,1-3H3,(H,28,31). The van der Waals surface area contributed by atoms with Gasteiger partial charge in [0.25, 0.3) is 11.8 Å². The zero-order valence-electron chi connectivity index (χ0n) is 18.3. The third-order valence-corrected chi connectivity index (χ3v) is 5.99. The van der Waals surface area contributed by atoms with Crippen LogP contribution in [0.2, 0.25) is 0 Å². The van der Waals surface area contributed by atoms with Gasteiger partial charge in [0, 0.05) is 16.8 Å². The molecule has 1 aromatic heterocycles. The van der Waals surface area contributed by atoms with Gasteiger partial charge in [-0.3, -0.25) is 4.79 Å². The molecule has 0 fully saturated rings. The average molecular weight is 496 g/mol. The summed E-state index contributed by atoms with van der Waals surface area (Å²) in [4.78, 5) is 13.2. The monoisotopic (exact) mass is 496 g/mol. The number of nitrogens with zero attached hydrogens (tertiary/aromatic N) is 2. The number of rotatable bonds is 6. The zero-order chi connectivity index (χ0) is 25.3. The van der Waals surface area contributed by atoms with Gasteiger partial charge in [0.05, 0.1) is 9.73 Å². The van der Waals surface area contributed by atoms with Gasteiger partial charge in [-0.05, 0) is 54.8 Å². The number of aryl methyl sites for hydroxylation is 1. The Kier molecular flexibility index (Phi) is 6.92. The number of nitrogens with one attached hydrogen (secondary N) is 2. The molecule has 34 heavy (non-hydrogen) atoms. The zero-order valence-corrected chi connectivity index (χ0v) is 19.1. The number of carbonyl (C=O) groups excluding carboxylic acids is 1. The fourth-order valence-electron chi connectivity index (χ4n) is 3.07. The van der Waals surface area contributed by atoms with E-state index in [2.05, 4.69) is 15.5 Å². The molecule has 2 aromatic carbocycles. The largest absolute Gasteiger partial charge is 0.435 e. The molecule has 0 saturated carbocycles. The Morgan fingerprint density at radius 2 is 1.88 bits per heavy atom. The highest BCUT2D eigenvalue weighted by atomic mass is 32.2. The molecule has 0 radical (unpaired) electrons. The number of amides is 1. The highest BCUT2D eigenvalue weighted by Crippen LogP contribution is 2.35. The van der Waals surface area contributed by atoms with Crippen LogP contribution in [0.15, 0.2) is 47.4 Å². The van der Waals surface area contributed by atoms with Crippen molar-refractivity contribution in [1.29, 1.82) is 4.78 Å². The van der Waals surface area contributed by atoms with Crippen molar-refractivity contribution in [2.24, 2.45) is 0 Å². The summed E-state index contributed by atoms with van der Waals surface area (Å²) < 4.78 is 79.7. The highest BCUT2D eigenvalue weighted by Gasteiger charge is 2.38. The summed E-state index contributed by atoms with van der Waals surface area (Å²) in [6, 6.07) is 9.53. The van der Waals surface area contributed by atoms with Gasteiger partial charge in [-0.1, -0.05) is 19.1 Å². The fraction of sp³-hybridized carbons (Fsp3) is 0.227. The predicted molar refractivity (Wildman–Crippen MR) is 117 cm³/mol. The molecule has 0 spiro atoms. The van der Waals surface area contributed by atoms with Crippen molar-refractivity contribution in [2.45, 2.75) is 31.3 Å². The molecule has 7 nitrogen and oxygen atoms in total. The van der Waals surface area contributed by atoms with E-state index in [9.17, 15) is 26.6 Å². The molecule has 3 rings (SSSR count). The number of carbonyl (C=O) groups is 1. The van der Waals surface area contributed by atoms with E-state index in [-0.39, 0.29) is 16.3 Å². The molecule has 0 bridgehead atoms. The minimum absolute atomic E-state index is 0.0826. The summed E-state index contributed by atoms with van der Waals surface area (Å²) in [5.41, 5.74) is -1.80. The summed E-state index contributed by atoms with van der Waals surface area (Å²) in [5, 5.41) is 8.97. The minimum Gasteiger partial charge on any atom is -0.434 e. The van der Waals surface area contributed by atoms with Crippen molar-refractivity contribution in [2.75, 3.05) is 11.6 Å². The Hall–Kier alpha value is -3.54. The third-order valence-electron chi connectivity index (χ3n) is 4.83. The molecule has 2 N–H and O–H groups in total. The summed E-state index contributed by atoms with van der Waals surface area (Å²) in [5.74, 6) is -2.79. The molecule has 1 amide bonds. The molecule has 0 aliphatic carbocycles. The number of alkyl halides is 3. The number of hydrogen-bond acceptors (Lipinski definition) is 6. The molecule has 1 heterocycles. The first-order valence-corrected chi connectivity index (χ1v) is 11.8. The number of anilines is 1. The van der Waals surface area contributed by atoms with Crippen molar-refractivity contribution >= 4 is 21.3 Å². The minimum atomic E-state index is -4.91. The van der Waals surface area contributed by atoms with Crippen LogP contribution < -0.4 is 10.1 Å². The van der Waals surface area contributed by atoms with Gasteiger partial charge in [-0.2, -0.15) is 13.2 Å². The first-order chi connectivity index (χ1) is 15.8. The van der Waals surface area contributed by atoms with Gasteiger partial charge in [0.2, 0.25) is 0 Å². The predicted octanol–water partition coefficient (Wildman–Crippen LogP) is 5.59. The van der Waals surface area contributed by atoms with E-state index in [0.717, 1.165) is 13.0 Å². The van der Waals surface area contributed by atoms with E-state index < -0.39 is 50.3 Å². The summed E-state index contributed by atoms with van der Waals surface area (Å²) in [6.45, 7) is 2.84.